The third kappa shape index (κ3) is 6.90. The van der Waals surface area contributed by atoms with Crippen LogP contribution in [0.1, 0.15) is 0 Å². The van der Waals surface area contributed by atoms with Crippen molar-refractivity contribution in [2.24, 2.45) is 0 Å². The zero-order valence-electron chi connectivity index (χ0n) is 37.3. The van der Waals surface area contributed by atoms with Crippen molar-refractivity contribution in [1.82, 2.24) is 9.13 Å². The van der Waals surface area contributed by atoms with Gasteiger partial charge < -0.3 is 9.13 Å². The third-order valence-corrected chi connectivity index (χ3v) is 13.7. The molecule has 0 aliphatic heterocycles. The molecule has 13 rings (SSSR count). The van der Waals surface area contributed by atoms with Crippen LogP contribution in [0.5, 0.6) is 0 Å². The van der Waals surface area contributed by atoms with E-state index in [1.807, 2.05) is 0 Å². The normalized spacial score (nSPS) is 11.5. The van der Waals surface area contributed by atoms with Crippen molar-refractivity contribution in [2.45, 2.75) is 0 Å². The van der Waals surface area contributed by atoms with E-state index in [2.05, 4.69) is 276 Å². The number of hydrogen-bond acceptors (Lipinski definition) is 0. The van der Waals surface area contributed by atoms with Gasteiger partial charge in [-0.2, -0.15) is 0 Å². The van der Waals surface area contributed by atoms with Gasteiger partial charge in [0.05, 0.1) is 22.1 Å². The Hall–Kier alpha value is -8.98. The molecule has 13 aromatic rings. The van der Waals surface area contributed by atoms with Crippen LogP contribution in [-0.2, 0) is 0 Å². The van der Waals surface area contributed by atoms with E-state index >= 15 is 0 Å². The van der Waals surface area contributed by atoms with E-state index in [0.717, 1.165) is 11.4 Å². The summed E-state index contributed by atoms with van der Waals surface area (Å²) >= 11 is 0. The van der Waals surface area contributed by atoms with Crippen LogP contribution in [0.25, 0.3) is 122 Å². The smallest absolute Gasteiger partial charge is 0.0547 e. The van der Waals surface area contributed by atoms with E-state index in [-0.39, 0.29) is 0 Å². The van der Waals surface area contributed by atoms with Crippen molar-refractivity contribution < 1.29 is 0 Å². The van der Waals surface area contributed by atoms with Gasteiger partial charge in [0.25, 0.3) is 0 Å². The number of fused-ring (bicyclic) bond motifs is 6. The van der Waals surface area contributed by atoms with Gasteiger partial charge in [-0.25, -0.2) is 0 Å². The van der Waals surface area contributed by atoms with Crippen molar-refractivity contribution >= 4 is 43.6 Å². The van der Waals surface area contributed by atoms with Crippen LogP contribution < -0.4 is 0 Å². The van der Waals surface area contributed by atoms with E-state index in [1.54, 1.807) is 0 Å². The van der Waals surface area contributed by atoms with Crippen molar-refractivity contribution in [3.05, 3.63) is 267 Å². The van der Waals surface area contributed by atoms with Gasteiger partial charge in [-0.3, -0.25) is 0 Å². The van der Waals surface area contributed by atoms with Gasteiger partial charge in [0.1, 0.15) is 0 Å². The monoisotopic (exact) mass is 864 g/mol. The quantitative estimate of drug-likeness (QED) is 0.144. The molecule has 0 saturated carbocycles. The zero-order valence-corrected chi connectivity index (χ0v) is 37.3. The molecule has 2 aromatic heterocycles. The van der Waals surface area contributed by atoms with Crippen LogP contribution in [0, 0.1) is 0 Å². The van der Waals surface area contributed by atoms with Crippen LogP contribution in [0.15, 0.2) is 267 Å². The largest absolute Gasteiger partial charge is 0.309 e. The molecule has 0 fully saturated rings. The minimum absolute atomic E-state index is 1.13. The Morgan fingerprint density at radius 1 is 0.162 bits per heavy atom. The maximum atomic E-state index is 2.43. The average Bonchev–Trinajstić information content (AvgIpc) is 3.93. The summed E-state index contributed by atoms with van der Waals surface area (Å²) in [4.78, 5) is 0. The molecule has 0 radical (unpaired) electrons. The van der Waals surface area contributed by atoms with Gasteiger partial charge in [-0.1, -0.05) is 188 Å². The van der Waals surface area contributed by atoms with Crippen molar-refractivity contribution in [2.75, 3.05) is 0 Å². The van der Waals surface area contributed by atoms with Crippen LogP contribution in [0.2, 0.25) is 0 Å². The highest BCUT2D eigenvalue weighted by atomic mass is 15.0. The van der Waals surface area contributed by atoms with E-state index in [4.69, 9.17) is 0 Å². The molecule has 0 N–H and O–H groups in total. The summed E-state index contributed by atoms with van der Waals surface area (Å²) in [7, 11) is 0. The summed E-state index contributed by atoms with van der Waals surface area (Å²) in [6, 6.07) is 97.5. The SMILES string of the molecule is c1ccc(-c2ccc(-n3c4ccccc4c4ccc(-c5ccc6c(c5)c5cc(-c7ccccc7)ccc5n6-c5ccc(-c6cc(-c7ccccc7)cc(-c7ccccc7)c6)cc5)cc43)cc2)cc1. The summed E-state index contributed by atoms with van der Waals surface area (Å²) in [6.45, 7) is 0. The lowest BCUT2D eigenvalue weighted by atomic mass is 9.93. The molecule has 11 aromatic carbocycles. The molecule has 0 spiro atoms. The molecule has 68 heavy (non-hydrogen) atoms. The molecule has 318 valence electrons. The molecule has 2 nitrogen and oxygen atoms in total. The highest BCUT2D eigenvalue weighted by Crippen LogP contribution is 2.41. The highest BCUT2D eigenvalue weighted by Gasteiger charge is 2.18. The van der Waals surface area contributed by atoms with E-state index in [0.29, 0.717) is 0 Å². The fourth-order valence-corrected chi connectivity index (χ4v) is 10.3. The maximum absolute atomic E-state index is 2.43. The van der Waals surface area contributed by atoms with Gasteiger partial charge in [-0.05, 0) is 146 Å². The Morgan fingerprint density at radius 2 is 0.471 bits per heavy atom. The molecule has 0 amide bonds. The summed E-state index contributed by atoms with van der Waals surface area (Å²) in [5.74, 6) is 0. The van der Waals surface area contributed by atoms with Gasteiger partial charge in [-0.15, -0.1) is 0 Å². The first-order valence-electron chi connectivity index (χ1n) is 23.4. The standard InChI is InChI=1S/C66H44N2/c1-5-15-45(16-6-1)49-25-32-58(33-26-49)68-63-24-14-13-23-59(63)60-36-29-53(44-66(60)68)52-31-38-65-62(43-52)61-42-51(46-17-7-2-8-18-46)30-37-64(61)67(65)57-34-27-50(28-35-57)56-40-54(47-19-9-3-10-20-47)39-55(41-56)48-21-11-4-12-22-48/h1-44H. The number of aromatic nitrogens is 2. The molecule has 0 atom stereocenters. The first-order chi connectivity index (χ1) is 33.7. The molecular weight excluding hydrogens is 821 g/mol. The highest BCUT2D eigenvalue weighted by molar-refractivity contribution is 6.13. The Labute approximate surface area is 395 Å². The van der Waals surface area contributed by atoms with Crippen molar-refractivity contribution in [3.8, 4) is 78.1 Å². The molecule has 2 heterocycles. The predicted molar refractivity (Wildman–Crippen MR) is 288 cm³/mol. The minimum atomic E-state index is 1.13. The lowest BCUT2D eigenvalue weighted by molar-refractivity contribution is 1.18. The Balaban J connectivity index is 0.940. The van der Waals surface area contributed by atoms with Crippen molar-refractivity contribution in [1.29, 1.82) is 0 Å². The van der Waals surface area contributed by atoms with E-state index < -0.39 is 0 Å². The van der Waals surface area contributed by atoms with Crippen LogP contribution in [0.4, 0.5) is 0 Å². The number of benzene rings is 11. The Kier molecular flexibility index (Phi) is 9.54. The third-order valence-electron chi connectivity index (χ3n) is 13.7. The van der Waals surface area contributed by atoms with Crippen LogP contribution >= 0.6 is 0 Å². The second kappa shape index (κ2) is 16.5. The molecule has 0 aliphatic carbocycles. The minimum Gasteiger partial charge on any atom is -0.309 e. The number of para-hydroxylation sites is 1. The molecular formula is C66H44N2. The second-order valence-electron chi connectivity index (χ2n) is 17.7. The fourth-order valence-electron chi connectivity index (χ4n) is 10.3. The molecule has 2 heteroatoms. The molecule has 0 aliphatic rings. The topological polar surface area (TPSA) is 9.86 Å². The predicted octanol–water partition coefficient (Wildman–Crippen LogP) is 17.9. The summed E-state index contributed by atoms with van der Waals surface area (Å²) in [6.07, 6.45) is 0. The van der Waals surface area contributed by atoms with Crippen molar-refractivity contribution in [3.63, 3.8) is 0 Å². The van der Waals surface area contributed by atoms with Crippen LogP contribution in [0.3, 0.4) is 0 Å². The molecule has 0 bridgehead atoms. The summed E-state index contributed by atoms with van der Waals surface area (Å²) < 4.78 is 4.85. The summed E-state index contributed by atoms with van der Waals surface area (Å²) in [5, 5.41) is 4.94. The molecule has 0 unspecified atom stereocenters. The van der Waals surface area contributed by atoms with Gasteiger partial charge in [0, 0.05) is 32.9 Å². The summed E-state index contributed by atoms with van der Waals surface area (Å²) in [5.41, 5.74) is 21.4. The number of hydrogen-bond donors (Lipinski definition) is 0. The number of nitrogens with zero attached hydrogens (tertiary/aromatic N) is 2. The number of rotatable bonds is 8. The average molecular weight is 865 g/mol. The van der Waals surface area contributed by atoms with E-state index in [9.17, 15) is 0 Å². The van der Waals surface area contributed by atoms with Crippen LogP contribution in [-0.4, -0.2) is 9.13 Å². The van der Waals surface area contributed by atoms with Gasteiger partial charge in [0.2, 0.25) is 0 Å². The molecule has 0 saturated heterocycles. The Morgan fingerprint density at radius 3 is 0.971 bits per heavy atom. The maximum Gasteiger partial charge on any atom is 0.0547 e. The lowest BCUT2D eigenvalue weighted by Crippen LogP contribution is -1.94. The first-order valence-corrected chi connectivity index (χ1v) is 23.4. The zero-order chi connectivity index (χ0) is 45.0. The fraction of sp³-hybridized carbons (Fsp3) is 0. The second-order valence-corrected chi connectivity index (χ2v) is 17.7. The lowest BCUT2D eigenvalue weighted by Gasteiger charge is -2.13. The van der Waals surface area contributed by atoms with Gasteiger partial charge >= 0.3 is 0 Å². The van der Waals surface area contributed by atoms with E-state index in [1.165, 1.54) is 110 Å². The van der Waals surface area contributed by atoms with Gasteiger partial charge in [0.15, 0.2) is 0 Å². The Bertz CT molecular complexity index is 3900. The first kappa shape index (κ1) is 39.4.